The second-order valence-electron chi connectivity index (χ2n) is 8.80. The third kappa shape index (κ3) is 4.91. The van der Waals surface area contributed by atoms with E-state index in [1.807, 2.05) is 57.2 Å². The molecule has 0 bridgehead atoms. The number of para-hydroxylation sites is 3. The molecule has 4 rings (SSSR count). The molecule has 1 unspecified atom stereocenters. The van der Waals surface area contributed by atoms with Gasteiger partial charge in [-0.25, -0.2) is 4.98 Å². The number of aryl methyl sites for hydroxylation is 2. The molecule has 0 fully saturated rings. The van der Waals surface area contributed by atoms with Gasteiger partial charge in [0.2, 0.25) is 11.8 Å². The number of amides is 2. The van der Waals surface area contributed by atoms with Gasteiger partial charge in [-0.05, 0) is 50.1 Å². The smallest absolute Gasteiger partial charge is 0.278 e. The highest BCUT2D eigenvalue weighted by Crippen LogP contribution is 2.28. The second-order valence-corrected chi connectivity index (χ2v) is 8.80. The molecule has 0 aliphatic carbocycles. The lowest BCUT2D eigenvalue weighted by atomic mass is 10.1. The summed E-state index contributed by atoms with van der Waals surface area (Å²) in [5.41, 5.74) is 4.72. The summed E-state index contributed by atoms with van der Waals surface area (Å²) in [5.74, 6) is -0.440. The zero-order valence-corrected chi connectivity index (χ0v) is 21.0. The Balaban J connectivity index is 1.87. The van der Waals surface area contributed by atoms with Crippen LogP contribution in [0, 0.1) is 13.8 Å². The van der Waals surface area contributed by atoms with Crippen LogP contribution in [-0.2, 0) is 9.59 Å². The maximum absolute atomic E-state index is 14.0. The molecule has 1 aromatic heterocycles. The second kappa shape index (κ2) is 10.6. The molecule has 0 saturated heterocycles. The molecule has 1 heterocycles. The molecular formula is C29H30N4O3. The van der Waals surface area contributed by atoms with Crippen molar-refractivity contribution in [3.05, 3.63) is 88.2 Å². The molecule has 0 aliphatic rings. The van der Waals surface area contributed by atoms with Crippen LogP contribution in [0.4, 0.5) is 11.4 Å². The summed E-state index contributed by atoms with van der Waals surface area (Å²) in [7, 11) is 0. The number of aromatic nitrogens is 2. The molecule has 36 heavy (non-hydrogen) atoms. The van der Waals surface area contributed by atoms with Gasteiger partial charge >= 0.3 is 0 Å². The maximum Gasteiger partial charge on any atom is 0.278 e. The molecule has 0 spiro atoms. The van der Waals surface area contributed by atoms with Gasteiger partial charge in [0.05, 0.1) is 16.7 Å². The van der Waals surface area contributed by atoms with E-state index in [0.717, 1.165) is 11.1 Å². The Morgan fingerprint density at radius 3 is 2.36 bits per heavy atom. The van der Waals surface area contributed by atoms with Crippen LogP contribution in [0.25, 0.3) is 22.3 Å². The standard InChI is InChI=1S/C29H30N4O3/c1-5-24(28(35)32-21-16-15-18(3)17-19(21)4)33-25-14-10-9-13-23(25)31-27(29(33)36)20-11-7-8-12-22(20)30-26(34)6-2/h7-17,24H,5-6H2,1-4H3,(H,30,34)(H,32,35). The normalized spacial score (nSPS) is 11.8. The molecule has 0 aliphatic heterocycles. The first-order valence-electron chi connectivity index (χ1n) is 12.1. The van der Waals surface area contributed by atoms with Crippen molar-refractivity contribution in [1.29, 1.82) is 0 Å². The van der Waals surface area contributed by atoms with Gasteiger partial charge in [-0.15, -0.1) is 0 Å². The Hall–Kier alpha value is -4.26. The van der Waals surface area contributed by atoms with Crippen molar-refractivity contribution >= 4 is 34.2 Å². The molecule has 4 aromatic rings. The minimum atomic E-state index is -0.762. The Kier molecular flexibility index (Phi) is 7.29. The molecule has 7 heteroatoms. The molecule has 7 nitrogen and oxygen atoms in total. The predicted octanol–water partition coefficient (Wildman–Crippen LogP) is 5.62. The number of anilines is 2. The summed E-state index contributed by atoms with van der Waals surface area (Å²) in [5, 5.41) is 5.86. The van der Waals surface area contributed by atoms with E-state index >= 15 is 0 Å². The van der Waals surface area contributed by atoms with Crippen LogP contribution in [0.1, 0.15) is 43.9 Å². The van der Waals surface area contributed by atoms with Crippen molar-refractivity contribution in [2.24, 2.45) is 0 Å². The topological polar surface area (TPSA) is 93.1 Å². The van der Waals surface area contributed by atoms with E-state index in [-0.39, 0.29) is 17.5 Å². The number of carbonyl (C=O) groups excluding carboxylic acids is 2. The fraction of sp³-hybridized carbons (Fsp3) is 0.241. The zero-order valence-electron chi connectivity index (χ0n) is 21.0. The first kappa shape index (κ1) is 24.9. The highest BCUT2D eigenvalue weighted by Gasteiger charge is 2.25. The SMILES string of the molecule is CCC(=O)Nc1ccccc1-c1nc2ccccc2n(C(CC)C(=O)Nc2ccc(C)cc2C)c1=O. The number of hydrogen-bond donors (Lipinski definition) is 2. The van der Waals surface area contributed by atoms with Gasteiger partial charge in [0, 0.05) is 17.7 Å². The summed E-state index contributed by atoms with van der Waals surface area (Å²) >= 11 is 0. The predicted molar refractivity (Wildman–Crippen MR) is 144 cm³/mol. The van der Waals surface area contributed by atoms with E-state index in [1.165, 1.54) is 4.57 Å². The van der Waals surface area contributed by atoms with Crippen molar-refractivity contribution in [3.63, 3.8) is 0 Å². The Morgan fingerprint density at radius 1 is 0.917 bits per heavy atom. The highest BCUT2D eigenvalue weighted by atomic mass is 16.2. The van der Waals surface area contributed by atoms with E-state index in [1.54, 1.807) is 37.3 Å². The molecule has 0 radical (unpaired) electrons. The van der Waals surface area contributed by atoms with Crippen molar-refractivity contribution in [2.75, 3.05) is 10.6 Å². The third-order valence-corrected chi connectivity index (χ3v) is 6.21. The molecule has 2 N–H and O–H groups in total. The van der Waals surface area contributed by atoms with Crippen LogP contribution < -0.4 is 16.2 Å². The van der Waals surface area contributed by atoms with Crippen LogP contribution in [0.5, 0.6) is 0 Å². The summed E-state index contributed by atoms with van der Waals surface area (Å²) in [6.45, 7) is 7.58. The van der Waals surface area contributed by atoms with Gasteiger partial charge in [0.15, 0.2) is 0 Å². The van der Waals surface area contributed by atoms with Gasteiger partial charge in [-0.2, -0.15) is 0 Å². The number of benzene rings is 3. The first-order valence-corrected chi connectivity index (χ1v) is 12.1. The molecule has 1 atom stereocenters. The minimum Gasteiger partial charge on any atom is -0.325 e. The van der Waals surface area contributed by atoms with Crippen LogP contribution in [0.3, 0.4) is 0 Å². The fourth-order valence-electron chi connectivity index (χ4n) is 4.33. The third-order valence-electron chi connectivity index (χ3n) is 6.21. The number of fused-ring (bicyclic) bond motifs is 1. The van der Waals surface area contributed by atoms with Gasteiger partial charge in [0.25, 0.3) is 5.56 Å². The van der Waals surface area contributed by atoms with Crippen LogP contribution in [-0.4, -0.2) is 21.4 Å². The number of nitrogens with zero attached hydrogens (tertiary/aromatic N) is 2. The maximum atomic E-state index is 14.0. The Labute approximate surface area is 210 Å². The Morgan fingerprint density at radius 2 is 1.64 bits per heavy atom. The monoisotopic (exact) mass is 482 g/mol. The first-order chi connectivity index (χ1) is 17.3. The van der Waals surface area contributed by atoms with E-state index < -0.39 is 11.6 Å². The van der Waals surface area contributed by atoms with Crippen molar-refractivity contribution < 1.29 is 9.59 Å². The number of hydrogen-bond acceptors (Lipinski definition) is 4. The number of nitrogens with one attached hydrogen (secondary N) is 2. The average molecular weight is 483 g/mol. The quantitative estimate of drug-likeness (QED) is 0.358. The molecule has 3 aromatic carbocycles. The van der Waals surface area contributed by atoms with Gasteiger partial charge in [-0.1, -0.05) is 61.9 Å². The van der Waals surface area contributed by atoms with Crippen molar-refractivity contribution in [2.45, 2.75) is 46.6 Å². The number of rotatable bonds is 7. The lowest BCUT2D eigenvalue weighted by molar-refractivity contribution is -0.119. The van der Waals surface area contributed by atoms with Crippen LogP contribution in [0.15, 0.2) is 71.5 Å². The highest BCUT2D eigenvalue weighted by molar-refractivity contribution is 5.97. The zero-order chi connectivity index (χ0) is 25.8. The van der Waals surface area contributed by atoms with Crippen LogP contribution >= 0.6 is 0 Å². The van der Waals surface area contributed by atoms with Gasteiger partial charge < -0.3 is 10.6 Å². The molecule has 0 saturated carbocycles. The number of carbonyl (C=O) groups is 2. The molecule has 2 amide bonds. The lowest BCUT2D eigenvalue weighted by Gasteiger charge is -2.22. The average Bonchev–Trinajstić information content (AvgIpc) is 2.87. The molecular weight excluding hydrogens is 452 g/mol. The minimum absolute atomic E-state index is 0.164. The van der Waals surface area contributed by atoms with E-state index in [4.69, 9.17) is 0 Å². The van der Waals surface area contributed by atoms with E-state index in [9.17, 15) is 14.4 Å². The summed E-state index contributed by atoms with van der Waals surface area (Å²) in [4.78, 5) is 44.3. The fourth-order valence-corrected chi connectivity index (χ4v) is 4.33. The van der Waals surface area contributed by atoms with Crippen molar-refractivity contribution in [1.82, 2.24) is 9.55 Å². The van der Waals surface area contributed by atoms with Gasteiger partial charge in [0.1, 0.15) is 11.7 Å². The van der Waals surface area contributed by atoms with Crippen LogP contribution in [0.2, 0.25) is 0 Å². The lowest BCUT2D eigenvalue weighted by Crippen LogP contribution is -2.34. The van der Waals surface area contributed by atoms with E-state index in [0.29, 0.717) is 40.8 Å². The van der Waals surface area contributed by atoms with Crippen molar-refractivity contribution in [3.8, 4) is 11.3 Å². The summed E-state index contributed by atoms with van der Waals surface area (Å²) in [6, 6.07) is 19.4. The molecule has 184 valence electrons. The Bertz CT molecular complexity index is 1510. The summed E-state index contributed by atoms with van der Waals surface area (Å²) < 4.78 is 1.52. The summed E-state index contributed by atoms with van der Waals surface area (Å²) in [6.07, 6.45) is 0.707. The largest absolute Gasteiger partial charge is 0.325 e. The van der Waals surface area contributed by atoms with Gasteiger partial charge in [-0.3, -0.25) is 19.0 Å². The van der Waals surface area contributed by atoms with E-state index in [2.05, 4.69) is 15.6 Å².